The topological polar surface area (TPSA) is 55.1 Å². The molecular formula is C16H26ClFN2O. The van der Waals surface area contributed by atoms with Gasteiger partial charge >= 0.3 is 0 Å². The SMILES string of the molecule is CC(C)CC(CN)NC(=O)C(C)Cc1ccccc1F.Cl. The zero-order valence-electron chi connectivity index (χ0n) is 12.9. The lowest BCUT2D eigenvalue weighted by molar-refractivity contribution is -0.125. The molecule has 0 bridgehead atoms. The number of nitrogens with one attached hydrogen (secondary N) is 1. The summed E-state index contributed by atoms with van der Waals surface area (Å²) < 4.78 is 13.6. The van der Waals surface area contributed by atoms with Gasteiger partial charge in [0, 0.05) is 18.5 Å². The summed E-state index contributed by atoms with van der Waals surface area (Å²) >= 11 is 0. The molecule has 0 saturated heterocycles. The van der Waals surface area contributed by atoms with Gasteiger partial charge in [0.15, 0.2) is 0 Å². The van der Waals surface area contributed by atoms with Gasteiger partial charge in [-0.2, -0.15) is 0 Å². The molecule has 21 heavy (non-hydrogen) atoms. The molecule has 1 rings (SSSR count). The third-order valence-electron chi connectivity index (χ3n) is 3.32. The van der Waals surface area contributed by atoms with Crippen LogP contribution in [-0.4, -0.2) is 18.5 Å². The van der Waals surface area contributed by atoms with Crippen molar-refractivity contribution in [3.05, 3.63) is 35.6 Å². The first kappa shape index (κ1) is 19.9. The Balaban J connectivity index is 0.00000400. The summed E-state index contributed by atoms with van der Waals surface area (Å²) in [6, 6.07) is 6.56. The maximum absolute atomic E-state index is 13.6. The quantitative estimate of drug-likeness (QED) is 0.812. The molecule has 120 valence electrons. The fraction of sp³-hybridized carbons (Fsp3) is 0.562. The van der Waals surface area contributed by atoms with E-state index in [-0.39, 0.29) is 36.1 Å². The van der Waals surface area contributed by atoms with E-state index in [0.717, 1.165) is 6.42 Å². The summed E-state index contributed by atoms with van der Waals surface area (Å²) in [5.41, 5.74) is 6.24. The van der Waals surface area contributed by atoms with Crippen LogP contribution in [0.5, 0.6) is 0 Å². The summed E-state index contributed by atoms with van der Waals surface area (Å²) in [6.45, 7) is 6.43. The Morgan fingerprint density at radius 3 is 2.43 bits per heavy atom. The van der Waals surface area contributed by atoms with Crippen LogP contribution in [-0.2, 0) is 11.2 Å². The van der Waals surface area contributed by atoms with Crippen molar-refractivity contribution in [2.24, 2.45) is 17.6 Å². The van der Waals surface area contributed by atoms with Gasteiger partial charge in [0.25, 0.3) is 0 Å². The average molecular weight is 317 g/mol. The zero-order chi connectivity index (χ0) is 15.1. The van der Waals surface area contributed by atoms with Gasteiger partial charge in [0.05, 0.1) is 0 Å². The number of halogens is 2. The van der Waals surface area contributed by atoms with E-state index in [1.165, 1.54) is 6.07 Å². The molecule has 0 aliphatic carbocycles. The van der Waals surface area contributed by atoms with E-state index < -0.39 is 0 Å². The van der Waals surface area contributed by atoms with Crippen molar-refractivity contribution in [1.82, 2.24) is 5.32 Å². The summed E-state index contributed by atoms with van der Waals surface area (Å²) in [6.07, 6.45) is 1.26. The largest absolute Gasteiger partial charge is 0.352 e. The van der Waals surface area contributed by atoms with Gasteiger partial charge in [-0.25, -0.2) is 4.39 Å². The number of benzene rings is 1. The molecule has 2 unspecified atom stereocenters. The van der Waals surface area contributed by atoms with E-state index in [9.17, 15) is 9.18 Å². The van der Waals surface area contributed by atoms with Crippen molar-refractivity contribution in [1.29, 1.82) is 0 Å². The van der Waals surface area contributed by atoms with Crippen LogP contribution in [0.3, 0.4) is 0 Å². The lowest BCUT2D eigenvalue weighted by Crippen LogP contribution is -2.43. The molecule has 2 atom stereocenters. The molecule has 5 heteroatoms. The molecule has 1 aromatic rings. The number of nitrogens with two attached hydrogens (primary N) is 1. The second-order valence-corrected chi connectivity index (χ2v) is 5.77. The zero-order valence-corrected chi connectivity index (χ0v) is 13.8. The number of carbonyl (C=O) groups excluding carboxylic acids is 1. The first-order chi connectivity index (χ1) is 9.43. The molecule has 1 amide bonds. The fourth-order valence-corrected chi connectivity index (χ4v) is 2.21. The highest BCUT2D eigenvalue weighted by Gasteiger charge is 2.19. The molecule has 1 aromatic carbocycles. The molecule has 0 aromatic heterocycles. The predicted molar refractivity (Wildman–Crippen MR) is 87.0 cm³/mol. The van der Waals surface area contributed by atoms with Crippen molar-refractivity contribution in [3.8, 4) is 0 Å². The molecule has 3 N–H and O–H groups in total. The van der Waals surface area contributed by atoms with Crippen LogP contribution in [0.25, 0.3) is 0 Å². The fourth-order valence-electron chi connectivity index (χ4n) is 2.21. The van der Waals surface area contributed by atoms with Gasteiger partial charge in [0.2, 0.25) is 5.91 Å². The maximum atomic E-state index is 13.6. The Bertz CT molecular complexity index is 440. The minimum atomic E-state index is -0.270. The smallest absolute Gasteiger partial charge is 0.223 e. The van der Waals surface area contributed by atoms with Crippen LogP contribution < -0.4 is 11.1 Å². The summed E-state index contributed by atoms with van der Waals surface area (Å²) in [5, 5.41) is 2.95. The first-order valence-electron chi connectivity index (χ1n) is 7.17. The summed E-state index contributed by atoms with van der Waals surface area (Å²) in [4.78, 5) is 12.1. The molecular weight excluding hydrogens is 291 g/mol. The number of hydrogen-bond donors (Lipinski definition) is 2. The second-order valence-electron chi connectivity index (χ2n) is 5.77. The van der Waals surface area contributed by atoms with E-state index in [1.54, 1.807) is 18.2 Å². The van der Waals surface area contributed by atoms with Crippen molar-refractivity contribution < 1.29 is 9.18 Å². The summed E-state index contributed by atoms with van der Waals surface area (Å²) in [5.74, 6) is -0.118. The van der Waals surface area contributed by atoms with Crippen LogP contribution in [0, 0.1) is 17.7 Å². The molecule has 0 aliphatic rings. The minimum absolute atomic E-state index is 0. The van der Waals surface area contributed by atoms with E-state index in [4.69, 9.17) is 5.73 Å². The van der Waals surface area contributed by atoms with Crippen LogP contribution >= 0.6 is 12.4 Å². The van der Waals surface area contributed by atoms with Crippen molar-refractivity contribution >= 4 is 18.3 Å². The monoisotopic (exact) mass is 316 g/mol. The number of amides is 1. The normalized spacial score (nSPS) is 13.4. The third-order valence-corrected chi connectivity index (χ3v) is 3.32. The molecule has 0 heterocycles. The maximum Gasteiger partial charge on any atom is 0.223 e. The Morgan fingerprint density at radius 2 is 1.90 bits per heavy atom. The second kappa shape index (κ2) is 9.74. The highest BCUT2D eigenvalue weighted by atomic mass is 35.5. The predicted octanol–water partition coefficient (Wildman–Crippen LogP) is 2.92. The lowest BCUT2D eigenvalue weighted by Gasteiger charge is -2.21. The average Bonchev–Trinajstić information content (AvgIpc) is 2.39. The molecule has 0 aliphatic heterocycles. The number of rotatable bonds is 7. The Morgan fingerprint density at radius 1 is 1.29 bits per heavy atom. The number of carbonyl (C=O) groups is 1. The van der Waals surface area contributed by atoms with Crippen molar-refractivity contribution in [2.45, 2.75) is 39.7 Å². The highest BCUT2D eigenvalue weighted by molar-refractivity contribution is 5.85. The standard InChI is InChI=1S/C16H25FN2O.ClH/c1-11(2)8-14(10-18)19-16(20)12(3)9-13-6-4-5-7-15(13)17;/h4-7,11-12,14H,8-10,18H2,1-3H3,(H,19,20);1H. The first-order valence-corrected chi connectivity index (χ1v) is 7.17. The third kappa shape index (κ3) is 6.91. The van der Waals surface area contributed by atoms with E-state index >= 15 is 0 Å². The summed E-state index contributed by atoms with van der Waals surface area (Å²) in [7, 11) is 0. The van der Waals surface area contributed by atoms with Crippen molar-refractivity contribution in [2.75, 3.05) is 6.54 Å². The van der Waals surface area contributed by atoms with E-state index in [1.807, 2.05) is 6.92 Å². The van der Waals surface area contributed by atoms with Crippen LogP contribution in [0.1, 0.15) is 32.8 Å². The van der Waals surface area contributed by atoms with Gasteiger partial charge in [0.1, 0.15) is 5.82 Å². The highest BCUT2D eigenvalue weighted by Crippen LogP contribution is 2.13. The van der Waals surface area contributed by atoms with Gasteiger partial charge in [-0.1, -0.05) is 39.0 Å². The molecule has 0 radical (unpaired) electrons. The number of hydrogen-bond acceptors (Lipinski definition) is 2. The van der Waals surface area contributed by atoms with Crippen LogP contribution in [0.15, 0.2) is 24.3 Å². The van der Waals surface area contributed by atoms with Crippen LogP contribution in [0.4, 0.5) is 4.39 Å². The van der Waals surface area contributed by atoms with E-state index in [0.29, 0.717) is 24.4 Å². The molecule has 0 saturated carbocycles. The Kier molecular flexibility index (Phi) is 9.22. The molecule has 0 spiro atoms. The van der Waals surface area contributed by atoms with Crippen molar-refractivity contribution in [3.63, 3.8) is 0 Å². The molecule has 0 fully saturated rings. The van der Waals surface area contributed by atoms with Gasteiger partial charge in [-0.3, -0.25) is 4.79 Å². The van der Waals surface area contributed by atoms with E-state index in [2.05, 4.69) is 19.2 Å². The lowest BCUT2D eigenvalue weighted by atomic mass is 9.98. The van der Waals surface area contributed by atoms with Gasteiger partial charge in [-0.05, 0) is 30.4 Å². The Labute approximate surface area is 132 Å². The van der Waals surface area contributed by atoms with Crippen LogP contribution in [0.2, 0.25) is 0 Å². The minimum Gasteiger partial charge on any atom is -0.352 e. The van der Waals surface area contributed by atoms with Gasteiger partial charge < -0.3 is 11.1 Å². The molecule has 3 nitrogen and oxygen atoms in total. The van der Waals surface area contributed by atoms with Gasteiger partial charge in [-0.15, -0.1) is 12.4 Å². The Hall–Kier alpha value is -1.13.